The molecule has 0 spiro atoms. The Kier molecular flexibility index (Phi) is 10.1. The van der Waals surface area contributed by atoms with Gasteiger partial charge in [0.2, 0.25) is 0 Å². The molecule has 2 aliphatic rings. The summed E-state index contributed by atoms with van der Waals surface area (Å²) < 4.78 is 0. The highest BCUT2D eigenvalue weighted by atomic mass is 127. The second kappa shape index (κ2) is 13.0. The van der Waals surface area contributed by atoms with Crippen molar-refractivity contribution in [1.29, 1.82) is 0 Å². The Balaban J connectivity index is 0.00000289. The Morgan fingerprint density at radius 3 is 2.34 bits per heavy atom. The quantitative estimate of drug-likeness (QED) is 0.305. The third kappa shape index (κ3) is 7.37. The maximum absolute atomic E-state index is 4.41. The fraction of sp³-hybridized carbons (Fsp3) is 0.500. The number of anilines is 1. The predicted molar refractivity (Wildman–Crippen MR) is 146 cm³/mol. The number of hydrogen-bond donors (Lipinski definition) is 2. The van der Waals surface area contributed by atoms with Gasteiger partial charge in [-0.15, -0.1) is 24.0 Å². The highest BCUT2D eigenvalue weighted by Gasteiger charge is 2.22. The number of hydrogen-bond acceptors (Lipinski definition) is 3. The van der Waals surface area contributed by atoms with Crippen LogP contribution < -0.4 is 15.5 Å². The average Bonchev–Trinajstić information content (AvgIpc) is 3.31. The second-order valence-corrected chi connectivity index (χ2v) is 8.90. The Labute approximate surface area is 210 Å². The van der Waals surface area contributed by atoms with Gasteiger partial charge in [0.05, 0.1) is 0 Å². The predicted octanol–water partition coefficient (Wildman–Crippen LogP) is 4.48. The van der Waals surface area contributed by atoms with Gasteiger partial charge in [0, 0.05) is 45.5 Å². The number of halogens is 1. The molecule has 32 heavy (non-hydrogen) atoms. The fourth-order valence-electron chi connectivity index (χ4n) is 4.66. The molecule has 2 aliphatic heterocycles. The molecule has 2 aromatic carbocycles. The Morgan fingerprint density at radius 2 is 1.62 bits per heavy atom. The summed E-state index contributed by atoms with van der Waals surface area (Å²) >= 11 is 0. The summed E-state index contributed by atoms with van der Waals surface area (Å²) in [4.78, 5) is 9.46. The Hall–Kier alpha value is -1.80. The first-order chi connectivity index (χ1) is 15.3. The highest BCUT2D eigenvalue weighted by molar-refractivity contribution is 14.0. The Bertz CT molecular complexity index is 818. The molecule has 6 heteroatoms. The molecule has 1 unspecified atom stereocenters. The minimum Gasteiger partial charge on any atom is -0.371 e. The van der Waals surface area contributed by atoms with Gasteiger partial charge in [-0.25, -0.2) is 0 Å². The van der Waals surface area contributed by atoms with Crippen molar-refractivity contribution in [3.05, 3.63) is 65.7 Å². The van der Waals surface area contributed by atoms with Gasteiger partial charge in [0.25, 0.3) is 0 Å². The minimum atomic E-state index is 0. The van der Waals surface area contributed by atoms with E-state index in [9.17, 15) is 0 Å². The molecular formula is C26H38IN5. The van der Waals surface area contributed by atoms with Crippen molar-refractivity contribution in [2.45, 2.75) is 38.8 Å². The van der Waals surface area contributed by atoms with Crippen molar-refractivity contribution in [2.75, 3.05) is 44.7 Å². The zero-order chi connectivity index (χ0) is 21.3. The standard InChI is InChI=1S/C26H37N5.HI/c1-27-26(29-19-24-14-17-31(21-24)25-8-4-2-5-9-25)28-18-22-10-12-23(13-11-22)20-30-15-6-3-7-16-30;/h2,4-5,8-13,24H,3,6-7,14-21H2,1H3,(H2,27,28,29);1H. The van der Waals surface area contributed by atoms with Crippen LogP contribution in [0, 0.1) is 5.92 Å². The molecular weight excluding hydrogens is 509 g/mol. The molecule has 0 saturated carbocycles. The minimum absolute atomic E-state index is 0. The molecule has 2 N–H and O–H groups in total. The summed E-state index contributed by atoms with van der Waals surface area (Å²) in [5.74, 6) is 1.53. The highest BCUT2D eigenvalue weighted by Crippen LogP contribution is 2.23. The molecule has 2 saturated heterocycles. The maximum atomic E-state index is 4.41. The molecule has 0 aliphatic carbocycles. The van der Waals surface area contributed by atoms with E-state index in [1.54, 1.807) is 0 Å². The van der Waals surface area contributed by atoms with E-state index in [-0.39, 0.29) is 24.0 Å². The van der Waals surface area contributed by atoms with Gasteiger partial charge in [-0.05, 0) is 61.5 Å². The Morgan fingerprint density at radius 1 is 0.906 bits per heavy atom. The molecule has 2 aromatic rings. The number of nitrogens with zero attached hydrogens (tertiary/aromatic N) is 3. The van der Waals surface area contributed by atoms with Crippen LogP contribution in [0.25, 0.3) is 0 Å². The molecule has 2 heterocycles. The van der Waals surface area contributed by atoms with Crippen LogP contribution in [-0.4, -0.2) is 50.6 Å². The zero-order valence-corrected chi connectivity index (χ0v) is 21.6. The largest absolute Gasteiger partial charge is 0.371 e. The summed E-state index contributed by atoms with van der Waals surface area (Å²) in [7, 11) is 1.85. The number of para-hydroxylation sites is 1. The third-order valence-electron chi connectivity index (χ3n) is 6.53. The van der Waals surface area contributed by atoms with Crippen LogP contribution in [0.3, 0.4) is 0 Å². The van der Waals surface area contributed by atoms with Crippen LogP contribution in [0.2, 0.25) is 0 Å². The lowest BCUT2D eigenvalue weighted by atomic mass is 10.1. The molecule has 174 valence electrons. The lowest BCUT2D eigenvalue weighted by Crippen LogP contribution is -2.39. The number of likely N-dealkylation sites (tertiary alicyclic amines) is 1. The summed E-state index contributed by atoms with van der Waals surface area (Å²) in [5, 5.41) is 6.99. The molecule has 4 rings (SSSR count). The van der Waals surface area contributed by atoms with Gasteiger partial charge in [-0.2, -0.15) is 0 Å². The van der Waals surface area contributed by atoms with Crippen LogP contribution in [0.15, 0.2) is 59.6 Å². The van der Waals surface area contributed by atoms with Gasteiger partial charge in [-0.3, -0.25) is 9.89 Å². The molecule has 5 nitrogen and oxygen atoms in total. The zero-order valence-electron chi connectivity index (χ0n) is 19.3. The molecule has 2 fully saturated rings. The normalized spacial score (nSPS) is 19.5. The average molecular weight is 548 g/mol. The van der Waals surface area contributed by atoms with Gasteiger partial charge < -0.3 is 15.5 Å². The first-order valence-corrected chi connectivity index (χ1v) is 11.8. The number of benzene rings is 2. The number of piperidine rings is 1. The molecule has 0 amide bonds. The van der Waals surface area contributed by atoms with Gasteiger partial charge >= 0.3 is 0 Å². The van der Waals surface area contributed by atoms with Crippen LogP contribution in [0.4, 0.5) is 5.69 Å². The van der Waals surface area contributed by atoms with Crippen molar-refractivity contribution in [3.8, 4) is 0 Å². The summed E-state index contributed by atoms with van der Waals surface area (Å²) in [6.07, 6.45) is 5.30. The van der Waals surface area contributed by atoms with Crippen molar-refractivity contribution in [2.24, 2.45) is 10.9 Å². The molecule has 1 atom stereocenters. The smallest absolute Gasteiger partial charge is 0.191 e. The van der Waals surface area contributed by atoms with E-state index < -0.39 is 0 Å². The lowest BCUT2D eigenvalue weighted by Gasteiger charge is -2.26. The van der Waals surface area contributed by atoms with Crippen LogP contribution in [0.5, 0.6) is 0 Å². The van der Waals surface area contributed by atoms with Crippen molar-refractivity contribution in [3.63, 3.8) is 0 Å². The van der Waals surface area contributed by atoms with E-state index in [1.807, 2.05) is 7.05 Å². The third-order valence-corrected chi connectivity index (χ3v) is 6.53. The number of aliphatic imine (C=N–C) groups is 1. The molecule has 0 radical (unpaired) electrons. The van der Waals surface area contributed by atoms with Gasteiger partial charge in [0.1, 0.15) is 0 Å². The monoisotopic (exact) mass is 547 g/mol. The summed E-state index contributed by atoms with van der Waals surface area (Å²) in [6, 6.07) is 19.8. The molecule has 0 bridgehead atoms. The topological polar surface area (TPSA) is 42.9 Å². The van der Waals surface area contributed by atoms with E-state index in [0.29, 0.717) is 5.92 Å². The van der Waals surface area contributed by atoms with Crippen molar-refractivity contribution < 1.29 is 0 Å². The van der Waals surface area contributed by atoms with Crippen LogP contribution in [0.1, 0.15) is 36.8 Å². The number of guanidine groups is 1. The van der Waals surface area contributed by atoms with E-state index >= 15 is 0 Å². The molecule has 0 aromatic heterocycles. The number of rotatable bonds is 7. The first kappa shape index (κ1) is 24.8. The maximum Gasteiger partial charge on any atom is 0.191 e. The van der Waals surface area contributed by atoms with Crippen molar-refractivity contribution in [1.82, 2.24) is 15.5 Å². The van der Waals surface area contributed by atoms with E-state index in [0.717, 1.165) is 38.7 Å². The van der Waals surface area contributed by atoms with Crippen LogP contribution in [-0.2, 0) is 13.1 Å². The summed E-state index contributed by atoms with van der Waals surface area (Å²) in [5.41, 5.74) is 4.04. The SMILES string of the molecule is CN=C(NCc1ccc(CN2CCCCC2)cc1)NCC1CCN(c2ccccc2)C1.I. The lowest BCUT2D eigenvalue weighted by molar-refractivity contribution is 0.221. The second-order valence-electron chi connectivity index (χ2n) is 8.90. The van der Waals surface area contributed by atoms with E-state index in [1.165, 1.54) is 55.6 Å². The van der Waals surface area contributed by atoms with Gasteiger partial charge in [-0.1, -0.05) is 48.9 Å². The summed E-state index contributed by atoms with van der Waals surface area (Å²) in [6.45, 7) is 7.56. The van der Waals surface area contributed by atoms with Crippen molar-refractivity contribution >= 4 is 35.6 Å². The first-order valence-electron chi connectivity index (χ1n) is 11.8. The number of nitrogens with one attached hydrogen (secondary N) is 2. The van der Waals surface area contributed by atoms with Crippen LogP contribution >= 0.6 is 24.0 Å². The van der Waals surface area contributed by atoms with Gasteiger partial charge in [0.15, 0.2) is 5.96 Å². The van der Waals surface area contributed by atoms with E-state index in [4.69, 9.17) is 0 Å². The fourth-order valence-corrected chi connectivity index (χ4v) is 4.66. The van der Waals surface area contributed by atoms with E-state index in [2.05, 4.69) is 80.0 Å².